The highest BCUT2D eigenvalue weighted by Crippen LogP contribution is 2.21. The molecule has 10 heteroatoms. The normalized spacial score (nSPS) is 16.2. The van der Waals surface area contributed by atoms with Gasteiger partial charge in [0.2, 0.25) is 5.91 Å². The number of nitrogens with zero attached hydrogens (tertiary/aromatic N) is 5. The Morgan fingerprint density at radius 2 is 2.03 bits per heavy atom. The number of halogens is 1. The van der Waals surface area contributed by atoms with Crippen LogP contribution in [0.2, 0.25) is 0 Å². The largest absolute Gasteiger partial charge is 0.356 e. The molecule has 0 bridgehead atoms. The van der Waals surface area contributed by atoms with Crippen molar-refractivity contribution in [3.63, 3.8) is 0 Å². The number of pyridine rings is 1. The Hall–Kier alpha value is -3.02. The number of nitrogens with one attached hydrogen (secondary N) is 2. The highest BCUT2D eigenvalue weighted by molar-refractivity contribution is 14.0. The maximum absolute atomic E-state index is 12.4. The van der Waals surface area contributed by atoms with Crippen LogP contribution >= 0.6 is 24.0 Å². The molecule has 2 N–H and O–H groups in total. The van der Waals surface area contributed by atoms with E-state index >= 15 is 0 Å². The third kappa shape index (κ3) is 5.78. The van der Waals surface area contributed by atoms with Gasteiger partial charge in [0, 0.05) is 44.9 Å². The minimum absolute atomic E-state index is 0. The number of anilines is 1. The van der Waals surface area contributed by atoms with Gasteiger partial charge in [-0.25, -0.2) is 0 Å². The molecule has 0 aliphatic carbocycles. The van der Waals surface area contributed by atoms with Gasteiger partial charge in [0.05, 0.1) is 6.04 Å². The number of amides is 1. The number of para-hydroxylation sites is 1. The van der Waals surface area contributed by atoms with Gasteiger partial charge < -0.3 is 20.1 Å². The van der Waals surface area contributed by atoms with E-state index in [2.05, 4.69) is 30.8 Å². The molecule has 1 unspecified atom stereocenters. The van der Waals surface area contributed by atoms with E-state index in [1.807, 2.05) is 48.5 Å². The third-order valence-corrected chi connectivity index (χ3v) is 4.75. The smallest absolute Gasteiger partial charge is 0.276 e. The first-order valence-corrected chi connectivity index (χ1v) is 9.79. The van der Waals surface area contributed by atoms with Crippen molar-refractivity contribution in [2.24, 2.45) is 4.99 Å². The summed E-state index contributed by atoms with van der Waals surface area (Å²) < 4.78 is 5.27. The van der Waals surface area contributed by atoms with Crippen molar-refractivity contribution in [3.8, 4) is 11.6 Å². The second-order valence-corrected chi connectivity index (χ2v) is 6.87. The molecular formula is C21H24IN7O2. The number of guanidine groups is 1. The molecule has 3 aromatic rings. The van der Waals surface area contributed by atoms with Crippen LogP contribution in [0.15, 0.2) is 64.2 Å². The Morgan fingerprint density at radius 3 is 2.77 bits per heavy atom. The summed E-state index contributed by atoms with van der Waals surface area (Å²) in [5, 5.41) is 10.5. The van der Waals surface area contributed by atoms with Gasteiger partial charge in [-0.1, -0.05) is 29.4 Å². The maximum atomic E-state index is 12.4. The second kappa shape index (κ2) is 10.8. The van der Waals surface area contributed by atoms with Gasteiger partial charge in [-0.15, -0.1) is 24.0 Å². The standard InChI is InChI=1S/C21H23N7O2.HI/c1-22-21(25-15-13-19(29)28(14-15)16-7-3-2-4-8-16)24-12-10-18-26-20(30-27-18)17-9-5-6-11-23-17;/h2-9,11,15H,10,12-14H2,1H3,(H2,22,24,25);1H. The Labute approximate surface area is 197 Å². The first-order valence-electron chi connectivity index (χ1n) is 9.79. The van der Waals surface area contributed by atoms with E-state index in [4.69, 9.17) is 4.52 Å². The molecule has 1 aromatic carbocycles. The Morgan fingerprint density at radius 1 is 1.23 bits per heavy atom. The van der Waals surface area contributed by atoms with Gasteiger partial charge in [-0.3, -0.25) is 14.8 Å². The summed E-state index contributed by atoms with van der Waals surface area (Å²) in [7, 11) is 1.70. The quantitative estimate of drug-likeness (QED) is 0.284. The lowest BCUT2D eigenvalue weighted by atomic mass is 10.2. The van der Waals surface area contributed by atoms with Crippen molar-refractivity contribution in [1.29, 1.82) is 0 Å². The number of carbonyl (C=O) groups is 1. The summed E-state index contributed by atoms with van der Waals surface area (Å²) in [5.74, 6) is 1.72. The molecule has 1 saturated heterocycles. The topological polar surface area (TPSA) is 109 Å². The molecule has 1 atom stereocenters. The van der Waals surface area contributed by atoms with Gasteiger partial charge in [0.25, 0.3) is 5.89 Å². The van der Waals surface area contributed by atoms with E-state index in [1.54, 1.807) is 18.1 Å². The number of benzene rings is 1. The Kier molecular flexibility index (Phi) is 7.93. The number of aliphatic imine (C=N–C) groups is 1. The van der Waals surface area contributed by atoms with Crippen LogP contribution in [-0.2, 0) is 11.2 Å². The lowest BCUT2D eigenvalue weighted by Gasteiger charge is -2.18. The van der Waals surface area contributed by atoms with E-state index < -0.39 is 0 Å². The van der Waals surface area contributed by atoms with Crippen molar-refractivity contribution in [2.75, 3.05) is 25.0 Å². The molecule has 1 aliphatic heterocycles. The lowest BCUT2D eigenvalue weighted by molar-refractivity contribution is -0.117. The predicted molar refractivity (Wildman–Crippen MR) is 128 cm³/mol. The average molecular weight is 533 g/mol. The second-order valence-electron chi connectivity index (χ2n) is 6.87. The summed E-state index contributed by atoms with van der Waals surface area (Å²) in [6, 6.07) is 15.2. The van der Waals surface area contributed by atoms with E-state index in [0.717, 1.165) is 5.69 Å². The minimum Gasteiger partial charge on any atom is -0.356 e. The molecule has 31 heavy (non-hydrogen) atoms. The molecule has 1 fully saturated rings. The third-order valence-electron chi connectivity index (χ3n) is 4.75. The van der Waals surface area contributed by atoms with Gasteiger partial charge in [0.15, 0.2) is 11.8 Å². The summed E-state index contributed by atoms with van der Waals surface area (Å²) >= 11 is 0. The first-order chi connectivity index (χ1) is 14.7. The molecular weight excluding hydrogens is 509 g/mol. The highest BCUT2D eigenvalue weighted by Gasteiger charge is 2.31. The fourth-order valence-corrected chi connectivity index (χ4v) is 3.29. The van der Waals surface area contributed by atoms with Crippen molar-refractivity contribution < 1.29 is 9.32 Å². The van der Waals surface area contributed by atoms with Crippen LogP contribution < -0.4 is 15.5 Å². The van der Waals surface area contributed by atoms with Crippen LogP contribution in [0.25, 0.3) is 11.6 Å². The van der Waals surface area contributed by atoms with Gasteiger partial charge in [-0.2, -0.15) is 4.98 Å². The lowest BCUT2D eigenvalue weighted by Crippen LogP contribution is -2.45. The van der Waals surface area contributed by atoms with Crippen molar-refractivity contribution in [2.45, 2.75) is 18.9 Å². The number of hydrogen-bond donors (Lipinski definition) is 2. The zero-order valence-electron chi connectivity index (χ0n) is 17.1. The van der Waals surface area contributed by atoms with Crippen LogP contribution in [0, 0.1) is 0 Å². The SMILES string of the molecule is CN=C(NCCc1noc(-c2ccccn2)n1)NC1CC(=O)N(c2ccccc2)C1.I. The van der Waals surface area contributed by atoms with Crippen molar-refractivity contribution in [1.82, 2.24) is 25.8 Å². The predicted octanol–water partition coefficient (Wildman–Crippen LogP) is 2.26. The molecule has 2 aromatic heterocycles. The Balaban J connectivity index is 0.00000272. The fourth-order valence-electron chi connectivity index (χ4n) is 3.29. The first kappa shape index (κ1) is 22.7. The molecule has 0 radical (unpaired) electrons. The van der Waals surface area contributed by atoms with Gasteiger partial charge >= 0.3 is 0 Å². The average Bonchev–Trinajstić information content (AvgIpc) is 3.41. The number of aromatic nitrogens is 3. The van der Waals surface area contributed by atoms with Crippen LogP contribution in [0.3, 0.4) is 0 Å². The van der Waals surface area contributed by atoms with E-state index in [9.17, 15) is 4.79 Å². The molecule has 0 saturated carbocycles. The summed E-state index contributed by atoms with van der Waals surface area (Å²) in [4.78, 5) is 27.0. The monoisotopic (exact) mass is 533 g/mol. The van der Waals surface area contributed by atoms with E-state index in [1.165, 1.54) is 0 Å². The number of hydrogen-bond acceptors (Lipinski definition) is 6. The molecule has 0 spiro atoms. The minimum atomic E-state index is -0.00941. The number of rotatable bonds is 6. The highest BCUT2D eigenvalue weighted by atomic mass is 127. The van der Waals surface area contributed by atoms with Crippen LogP contribution in [-0.4, -0.2) is 53.2 Å². The molecule has 3 heterocycles. The number of carbonyl (C=O) groups excluding carboxylic acids is 1. The molecule has 1 aliphatic rings. The van der Waals surface area contributed by atoms with Crippen LogP contribution in [0.1, 0.15) is 12.2 Å². The molecule has 162 valence electrons. The summed E-state index contributed by atoms with van der Waals surface area (Å²) in [5.41, 5.74) is 1.56. The van der Waals surface area contributed by atoms with Crippen molar-refractivity contribution >= 4 is 41.5 Å². The fraction of sp³-hybridized carbons (Fsp3) is 0.286. The zero-order valence-corrected chi connectivity index (χ0v) is 19.4. The van der Waals surface area contributed by atoms with E-state index in [0.29, 0.717) is 49.3 Å². The maximum Gasteiger partial charge on any atom is 0.276 e. The van der Waals surface area contributed by atoms with Crippen molar-refractivity contribution in [3.05, 3.63) is 60.6 Å². The zero-order chi connectivity index (χ0) is 20.8. The molecule has 1 amide bonds. The molecule has 4 rings (SSSR count). The molecule has 9 nitrogen and oxygen atoms in total. The summed E-state index contributed by atoms with van der Waals surface area (Å²) in [6.07, 6.45) is 2.67. The van der Waals surface area contributed by atoms with E-state index in [-0.39, 0.29) is 35.9 Å². The van der Waals surface area contributed by atoms with Gasteiger partial charge in [-0.05, 0) is 24.3 Å². The Bertz CT molecular complexity index is 1010. The van der Waals surface area contributed by atoms with Crippen LogP contribution in [0.5, 0.6) is 0 Å². The summed E-state index contributed by atoms with van der Waals surface area (Å²) in [6.45, 7) is 1.17. The van der Waals surface area contributed by atoms with Gasteiger partial charge in [0.1, 0.15) is 5.69 Å². The van der Waals surface area contributed by atoms with Crippen LogP contribution in [0.4, 0.5) is 5.69 Å².